The highest BCUT2D eigenvalue weighted by molar-refractivity contribution is 9.10. The molecule has 0 fully saturated rings. The van der Waals surface area contributed by atoms with Gasteiger partial charge in [-0.1, -0.05) is 33.6 Å². The van der Waals surface area contributed by atoms with Crippen LogP contribution in [0.1, 0.15) is 16.0 Å². The molecule has 1 aromatic heterocycles. The van der Waals surface area contributed by atoms with Crippen molar-refractivity contribution in [1.82, 2.24) is 0 Å². The van der Waals surface area contributed by atoms with E-state index in [2.05, 4.69) is 47.1 Å². The highest BCUT2D eigenvalue weighted by atomic mass is 79.9. The highest BCUT2D eigenvalue weighted by Gasteiger charge is 2.03. The molecule has 15 heavy (non-hydrogen) atoms. The largest absolute Gasteiger partial charge is 0.128 e. The predicted molar refractivity (Wildman–Crippen MR) is 71.0 cm³/mol. The molecule has 2 aromatic rings. The fourth-order valence-electron chi connectivity index (χ4n) is 1.46. The first kappa shape index (κ1) is 11.2. The van der Waals surface area contributed by atoms with Crippen molar-refractivity contribution >= 4 is 38.9 Å². The van der Waals surface area contributed by atoms with Crippen LogP contribution >= 0.6 is 38.9 Å². The summed E-state index contributed by atoms with van der Waals surface area (Å²) in [5, 5.41) is 0. The van der Waals surface area contributed by atoms with Crippen LogP contribution in [0.3, 0.4) is 0 Å². The molecule has 0 unspecified atom stereocenters. The summed E-state index contributed by atoms with van der Waals surface area (Å²) in [6.45, 7) is 2.14. The molecule has 78 valence electrons. The van der Waals surface area contributed by atoms with Gasteiger partial charge in [0.1, 0.15) is 0 Å². The van der Waals surface area contributed by atoms with Crippen LogP contribution in [-0.2, 0) is 6.42 Å². The van der Waals surface area contributed by atoms with Crippen molar-refractivity contribution in [3.63, 3.8) is 0 Å². The topological polar surface area (TPSA) is 0 Å². The fraction of sp³-hybridized carbons (Fsp3) is 0.167. The molecule has 0 aliphatic rings. The smallest absolute Gasteiger partial charge is 0.0931 e. The van der Waals surface area contributed by atoms with Gasteiger partial charge in [0, 0.05) is 15.8 Å². The Labute approximate surface area is 107 Å². The van der Waals surface area contributed by atoms with Gasteiger partial charge in [0.2, 0.25) is 0 Å². The van der Waals surface area contributed by atoms with E-state index < -0.39 is 0 Å². The lowest BCUT2D eigenvalue weighted by atomic mass is 10.1. The van der Waals surface area contributed by atoms with Crippen LogP contribution in [0.15, 0.2) is 34.8 Å². The first-order valence-corrected chi connectivity index (χ1v) is 6.63. The zero-order valence-corrected chi connectivity index (χ0v) is 11.4. The first-order valence-electron chi connectivity index (χ1n) is 4.64. The van der Waals surface area contributed by atoms with Gasteiger partial charge in [-0.3, -0.25) is 0 Å². The molecule has 1 aromatic carbocycles. The SMILES string of the molecule is Cc1ccc(Br)cc1Cc1ccc(Cl)s1. The van der Waals surface area contributed by atoms with Gasteiger partial charge in [-0.2, -0.15) is 0 Å². The normalized spacial score (nSPS) is 10.6. The lowest BCUT2D eigenvalue weighted by Gasteiger charge is -2.04. The van der Waals surface area contributed by atoms with Crippen LogP contribution in [0, 0.1) is 6.92 Å². The summed E-state index contributed by atoms with van der Waals surface area (Å²) < 4.78 is 1.99. The zero-order valence-electron chi connectivity index (χ0n) is 8.26. The van der Waals surface area contributed by atoms with Crippen molar-refractivity contribution < 1.29 is 0 Å². The molecule has 0 bridgehead atoms. The summed E-state index contributed by atoms with van der Waals surface area (Å²) >= 11 is 11.0. The van der Waals surface area contributed by atoms with Gasteiger partial charge in [-0.05, 0) is 42.3 Å². The summed E-state index contributed by atoms with van der Waals surface area (Å²) in [5.41, 5.74) is 2.67. The lowest BCUT2D eigenvalue weighted by molar-refractivity contribution is 1.19. The zero-order chi connectivity index (χ0) is 10.8. The molecule has 0 spiro atoms. The minimum atomic E-state index is 0.859. The van der Waals surface area contributed by atoms with Crippen LogP contribution in [0.2, 0.25) is 4.34 Å². The third kappa shape index (κ3) is 2.83. The van der Waals surface area contributed by atoms with Gasteiger partial charge >= 0.3 is 0 Å². The number of rotatable bonds is 2. The van der Waals surface area contributed by atoms with E-state index >= 15 is 0 Å². The summed E-state index contributed by atoms with van der Waals surface area (Å²) in [6, 6.07) is 10.4. The molecular weight excluding hydrogens is 292 g/mol. The Hall–Kier alpha value is -0.310. The average molecular weight is 302 g/mol. The molecule has 3 heteroatoms. The van der Waals surface area contributed by atoms with Gasteiger partial charge in [0.25, 0.3) is 0 Å². The van der Waals surface area contributed by atoms with Gasteiger partial charge in [0.15, 0.2) is 0 Å². The van der Waals surface area contributed by atoms with Gasteiger partial charge < -0.3 is 0 Å². The third-order valence-corrected chi connectivity index (χ3v) is 4.03. The average Bonchev–Trinajstić information content (AvgIpc) is 2.58. The number of benzene rings is 1. The molecule has 0 saturated carbocycles. The van der Waals surface area contributed by atoms with Crippen LogP contribution in [-0.4, -0.2) is 0 Å². The molecule has 2 rings (SSSR count). The maximum Gasteiger partial charge on any atom is 0.0931 e. The Morgan fingerprint density at radius 2 is 2.07 bits per heavy atom. The van der Waals surface area contributed by atoms with Crippen molar-refractivity contribution in [2.75, 3.05) is 0 Å². The molecule has 0 amide bonds. The summed E-state index contributed by atoms with van der Waals surface area (Å²) in [6.07, 6.45) is 0.961. The minimum absolute atomic E-state index is 0.859. The van der Waals surface area contributed by atoms with Crippen molar-refractivity contribution in [1.29, 1.82) is 0 Å². The maximum absolute atomic E-state index is 5.91. The number of aryl methyl sites for hydroxylation is 1. The van der Waals surface area contributed by atoms with E-state index in [1.165, 1.54) is 16.0 Å². The Morgan fingerprint density at radius 3 is 2.73 bits per heavy atom. The molecule has 0 atom stereocenters. The van der Waals surface area contributed by atoms with Gasteiger partial charge in [-0.25, -0.2) is 0 Å². The summed E-state index contributed by atoms with van der Waals surface area (Å²) in [5.74, 6) is 0. The van der Waals surface area contributed by atoms with Gasteiger partial charge in [-0.15, -0.1) is 11.3 Å². The maximum atomic E-state index is 5.91. The second kappa shape index (κ2) is 4.69. The Morgan fingerprint density at radius 1 is 1.27 bits per heavy atom. The molecule has 0 aliphatic heterocycles. The van der Waals surface area contributed by atoms with E-state index in [1.807, 2.05) is 6.07 Å². The Balaban J connectivity index is 2.27. The summed E-state index contributed by atoms with van der Waals surface area (Å²) in [4.78, 5) is 1.31. The number of hydrogen-bond acceptors (Lipinski definition) is 1. The second-order valence-corrected chi connectivity index (χ2v) is 6.17. The number of hydrogen-bond donors (Lipinski definition) is 0. The summed E-state index contributed by atoms with van der Waals surface area (Å²) in [7, 11) is 0. The second-order valence-electron chi connectivity index (χ2n) is 3.45. The van der Waals surface area contributed by atoms with Crippen LogP contribution in [0.25, 0.3) is 0 Å². The van der Waals surface area contributed by atoms with E-state index in [1.54, 1.807) is 11.3 Å². The molecule has 1 heterocycles. The monoisotopic (exact) mass is 300 g/mol. The van der Waals surface area contributed by atoms with Crippen LogP contribution in [0.5, 0.6) is 0 Å². The number of halogens is 2. The predicted octanol–water partition coefficient (Wildman–Crippen LogP) is 5.06. The van der Waals surface area contributed by atoms with Crippen LogP contribution in [0.4, 0.5) is 0 Å². The number of thiophene rings is 1. The highest BCUT2D eigenvalue weighted by Crippen LogP contribution is 2.26. The molecule has 0 nitrogen and oxygen atoms in total. The first-order chi connectivity index (χ1) is 7.15. The lowest BCUT2D eigenvalue weighted by Crippen LogP contribution is -1.89. The van der Waals surface area contributed by atoms with Crippen molar-refractivity contribution in [2.24, 2.45) is 0 Å². The van der Waals surface area contributed by atoms with Gasteiger partial charge in [0.05, 0.1) is 4.34 Å². The van der Waals surface area contributed by atoms with Crippen molar-refractivity contribution in [3.8, 4) is 0 Å². The molecular formula is C12H10BrClS. The Kier molecular flexibility index (Phi) is 3.49. The van der Waals surface area contributed by atoms with Crippen molar-refractivity contribution in [2.45, 2.75) is 13.3 Å². The standard InChI is InChI=1S/C12H10BrClS/c1-8-2-3-10(13)6-9(8)7-11-4-5-12(14)15-11/h2-6H,7H2,1H3. The van der Waals surface area contributed by atoms with E-state index in [0.29, 0.717) is 0 Å². The molecule has 0 saturated heterocycles. The molecule has 0 radical (unpaired) electrons. The molecule has 0 N–H and O–H groups in total. The molecule has 0 aliphatic carbocycles. The van der Waals surface area contributed by atoms with E-state index in [9.17, 15) is 0 Å². The minimum Gasteiger partial charge on any atom is -0.128 e. The van der Waals surface area contributed by atoms with Crippen LogP contribution < -0.4 is 0 Å². The van der Waals surface area contributed by atoms with E-state index in [4.69, 9.17) is 11.6 Å². The Bertz CT molecular complexity index is 476. The third-order valence-electron chi connectivity index (χ3n) is 2.30. The van der Waals surface area contributed by atoms with Crippen molar-refractivity contribution in [3.05, 3.63) is 55.1 Å². The van der Waals surface area contributed by atoms with E-state index in [-0.39, 0.29) is 0 Å². The fourth-order valence-corrected chi connectivity index (χ4v) is 2.98. The van der Waals surface area contributed by atoms with E-state index in [0.717, 1.165) is 15.2 Å². The quantitative estimate of drug-likeness (QED) is 0.727.